The van der Waals surface area contributed by atoms with Gasteiger partial charge in [-0.05, 0) is 36.8 Å². The molecule has 0 aliphatic heterocycles. The van der Waals surface area contributed by atoms with E-state index < -0.39 is 46.5 Å². The molecule has 0 saturated heterocycles. The molecule has 0 spiro atoms. The minimum Gasteiger partial charge on any atom is -0.429 e. The Morgan fingerprint density at radius 2 is 1.37 bits per heavy atom. The molecule has 1 nitrogen and oxygen atoms in total. The fourth-order valence-electron chi connectivity index (χ4n) is 2.37. The normalized spacial score (nSPS) is 11.7. The van der Waals surface area contributed by atoms with Crippen molar-refractivity contribution < 1.29 is 35.5 Å². The molecular formula is C18H9F7OS. The lowest BCUT2D eigenvalue weighted by atomic mass is 10.1. The largest absolute Gasteiger partial charge is 0.432 e. The van der Waals surface area contributed by atoms with Crippen LogP contribution in [0.4, 0.5) is 30.7 Å². The molecule has 2 aromatic carbocycles. The highest BCUT2D eigenvalue weighted by molar-refractivity contribution is 7.15. The lowest BCUT2D eigenvalue weighted by Gasteiger charge is -2.20. The van der Waals surface area contributed by atoms with E-state index in [1.54, 1.807) is 19.1 Å². The van der Waals surface area contributed by atoms with Crippen molar-refractivity contribution >= 4 is 11.3 Å². The van der Waals surface area contributed by atoms with Gasteiger partial charge in [-0.25, -0.2) is 22.0 Å². The molecule has 0 atom stereocenters. The number of hydrogen-bond donors (Lipinski definition) is 0. The second-order valence-corrected chi connectivity index (χ2v) is 6.83. The summed E-state index contributed by atoms with van der Waals surface area (Å²) < 4.78 is 100. The second kappa shape index (κ2) is 6.88. The molecule has 0 radical (unpaired) electrons. The van der Waals surface area contributed by atoms with Crippen LogP contribution in [0.3, 0.4) is 0 Å². The van der Waals surface area contributed by atoms with Gasteiger partial charge in [0.05, 0.1) is 0 Å². The Bertz CT molecular complexity index is 967. The molecule has 0 bridgehead atoms. The second-order valence-electron chi connectivity index (χ2n) is 5.54. The van der Waals surface area contributed by atoms with E-state index in [4.69, 9.17) is 0 Å². The van der Waals surface area contributed by atoms with Crippen LogP contribution in [0.25, 0.3) is 10.4 Å². The van der Waals surface area contributed by atoms with Crippen LogP contribution in [-0.4, -0.2) is 0 Å². The van der Waals surface area contributed by atoms with Gasteiger partial charge in [-0.2, -0.15) is 8.78 Å². The summed E-state index contributed by atoms with van der Waals surface area (Å²) in [7, 11) is 0. The third-order valence-corrected chi connectivity index (χ3v) is 4.61. The van der Waals surface area contributed by atoms with Crippen molar-refractivity contribution in [1.82, 2.24) is 0 Å². The summed E-state index contributed by atoms with van der Waals surface area (Å²) in [4.78, 5) is 1.31. The molecule has 0 N–H and O–H groups in total. The van der Waals surface area contributed by atoms with Crippen molar-refractivity contribution in [1.29, 1.82) is 0 Å². The smallest absolute Gasteiger partial charge is 0.429 e. The number of rotatable bonds is 4. The molecule has 142 valence electrons. The van der Waals surface area contributed by atoms with Crippen LogP contribution in [0.2, 0.25) is 0 Å². The predicted octanol–water partition coefficient (Wildman–Crippen LogP) is 6.55. The summed E-state index contributed by atoms with van der Waals surface area (Å²) in [6, 6.07) is 4.96. The van der Waals surface area contributed by atoms with E-state index in [0.717, 1.165) is 4.88 Å². The Kier molecular flexibility index (Phi) is 4.90. The SMILES string of the molecule is Cc1ccc(-c2cc(F)c(C(F)(F)Oc3cc(F)c(F)c(F)c3)c(F)c2)s1. The number of halogens is 7. The summed E-state index contributed by atoms with van der Waals surface area (Å²) in [5.41, 5.74) is -1.69. The van der Waals surface area contributed by atoms with Gasteiger partial charge >= 0.3 is 6.11 Å². The fourth-order valence-corrected chi connectivity index (χ4v) is 3.23. The maximum Gasteiger partial charge on any atom is 0.432 e. The van der Waals surface area contributed by atoms with Gasteiger partial charge in [0, 0.05) is 21.9 Å². The van der Waals surface area contributed by atoms with Crippen molar-refractivity contribution in [2.45, 2.75) is 13.0 Å². The van der Waals surface area contributed by atoms with Gasteiger partial charge in [-0.1, -0.05) is 0 Å². The third kappa shape index (κ3) is 3.78. The van der Waals surface area contributed by atoms with Crippen LogP contribution in [0, 0.1) is 36.0 Å². The Labute approximate surface area is 152 Å². The van der Waals surface area contributed by atoms with Crippen LogP contribution < -0.4 is 4.74 Å². The summed E-state index contributed by atoms with van der Waals surface area (Å²) >= 11 is 1.21. The van der Waals surface area contributed by atoms with Crippen molar-refractivity contribution in [3.05, 3.63) is 75.9 Å². The molecule has 1 heterocycles. The first-order valence-corrected chi connectivity index (χ1v) is 8.18. The van der Waals surface area contributed by atoms with Crippen molar-refractivity contribution in [2.75, 3.05) is 0 Å². The number of benzene rings is 2. The third-order valence-electron chi connectivity index (χ3n) is 3.56. The molecule has 0 saturated carbocycles. The number of ether oxygens (including phenoxy) is 1. The molecule has 0 fully saturated rings. The van der Waals surface area contributed by atoms with Gasteiger partial charge in [-0.15, -0.1) is 11.3 Å². The molecule has 0 amide bonds. The average Bonchev–Trinajstić information content (AvgIpc) is 2.97. The summed E-state index contributed by atoms with van der Waals surface area (Å²) in [5.74, 6) is -9.81. The van der Waals surface area contributed by atoms with E-state index in [-0.39, 0.29) is 17.7 Å². The first kappa shape index (κ1) is 19.2. The van der Waals surface area contributed by atoms with Crippen molar-refractivity contribution in [2.24, 2.45) is 0 Å². The first-order valence-electron chi connectivity index (χ1n) is 7.36. The topological polar surface area (TPSA) is 9.23 Å². The quantitative estimate of drug-likeness (QED) is 0.353. The van der Waals surface area contributed by atoms with Gasteiger partial charge in [-0.3, -0.25) is 0 Å². The van der Waals surface area contributed by atoms with Crippen LogP contribution in [0.1, 0.15) is 10.4 Å². The van der Waals surface area contributed by atoms with Crippen LogP contribution in [-0.2, 0) is 6.11 Å². The van der Waals surface area contributed by atoms with Crippen molar-refractivity contribution in [3.63, 3.8) is 0 Å². The molecule has 27 heavy (non-hydrogen) atoms. The highest BCUT2D eigenvalue weighted by Gasteiger charge is 2.41. The lowest BCUT2D eigenvalue weighted by Crippen LogP contribution is -2.25. The number of thiophene rings is 1. The lowest BCUT2D eigenvalue weighted by molar-refractivity contribution is -0.189. The van der Waals surface area contributed by atoms with E-state index in [0.29, 0.717) is 17.0 Å². The minimum atomic E-state index is -4.60. The van der Waals surface area contributed by atoms with Gasteiger partial charge in [0.25, 0.3) is 0 Å². The fraction of sp³-hybridized carbons (Fsp3) is 0.111. The van der Waals surface area contributed by atoms with Crippen LogP contribution in [0.15, 0.2) is 36.4 Å². The molecule has 9 heteroatoms. The average molecular weight is 406 g/mol. The van der Waals surface area contributed by atoms with Crippen molar-refractivity contribution in [3.8, 4) is 16.2 Å². The monoisotopic (exact) mass is 406 g/mol. The summed E-state index contributed by atoms with van der Waals surface area (Å²) in [6.45, 7) is 1.76. The Balaban J connectivity index is 1.99. The Morgan fingerprint density at radius 1 is 0.815 bits per heavy atom. The highest BCUT2D eigenvalue weighted by atomic mass is 32.1. The number of alkyl halides is 2. The standard InChI is InChI=1S/C18H9F7OS/c1-8-2-3-15(27-8)9-4-11(19)16(12(20)5-9)18(24,25)26-10-6-13(21)17(23)14(22)7-10/h2-7H,1H3. The van der Waals surface area contributed by atoms with Crippen LogP contribution in [0.5, 0.6) is 5.75 Å². The summed E-state index contributed by atoms with van der Waals surface area (Å²) in [5, 5.41) is 0. The highest BCUT2D eigenvalue weighted by Crippen LogP contribution is 2.38. The molecule has 0 unspecified atom stereocenters. The zero-order valence-electron chi connectivity index (χ0n) is 13.4. The molecule has 3 aromatic rings. The summed E-state index contributed by atoms with van der Waals surface area (Å²) in [6.07, 6.45) is -4.60. The van der Waals surface area contributed by atoms with Gasteiger partial charge in [0.1, 0.15) is 22.9 Å². The van der Waals surface area contributed by atoms with Gasteiger partial charge in [0.15, 0.2) is 17.5 Å². The molecule has 0 aliphatic rings. The zero-order chi connectivity index (χ0) is 19.9. The first-order chi connectivity index (χ1) is 12.6. The van der Waals surface area contributed by atoms with E-state index in [1.807, 2.05) is 0 Å². The van der Waals surface area contributed by atoms with E-state index >= 15 is 0 Å². The minimum absolute atomic E-state index is 0.0431. The number of hydrogen-bond acceptors (Lipinski definition) is 2. The maximum atomic E-state index is 14.2. The zero-order valence-corrected chi connectivity index (χ0v) is 14.2. The maximum absolute atomic E-state index is 14.2. The molecular weight excluding hydrogens is 397 g/mol. The van der Waals surface area contributed by atoms with Gasteiger partial charge in [0.2, 0.25) is 0 Å². The number of aryl methyl sites for hydroxylation is 1. The van der Waals surface area contributed by atoms with E-state index in [2.05, 4.69) is 4.74 Å². The van der Waals surface area contributed by atoms with E-state index in [9.17, 15) is 30.7 Å². The molecule has 3 rings (SSSR count). The van der Waals surface area contributed by atoms with Gasteiger partial charge < -0.3 is 4.74 Å². The predicted molar refractivity (Wildman–Crippen MR) is 85.2 cm³/mol. The van der Waals surface area contributed by atoms with E-state index in [1.165, 1.54) is 11.3 Å². The van der Waals surface area contributed by atoms with Crippen LogP contribution >= 0.6 is 11.3 Å². The Hall–Kier alpha value is -2.55. The molecule has 0 aliphatic carbocycles. The Morgan fingerprint density at radius 3 is 1.85 bits per heavy atom. The molecule has 1 aromatic heterocycles.